The molecule has 0 atom stereocenters. The van der Waals surface area contributed by atoms with E-state index in [0.29, 0.717) is 16.9 Å². The van der Waals surface area contributed by atoms with Crippen LogP contribution < -0.4 is 15.0 Å². The molecule has 4 amide bonds. The molecule has 1 heterocycles. The van der Waals surface area contributed by atoms with Crippen LogP contribution in [0.3, 0.4) is 0 Å². The van der Waals surface area contributed by atoms with Gasteiger partial charge in [-0.25, -0.2) is 14.1 Å². The molecule has 0 bridgehead atoms. The second-order valence-corrected chi connectivity index (χ2v) is 7.83. The van der Waals surface area contributed by atoms with Crippen molar-refractivity contribution in [2.75, 3.05) is 4.90 Å². The molecule has 1 saturated heterocycles. The number of hydrogen-bond donors (Lipinski definition) is 1. The number of anilines is 1. The number of carbonyl (C=O) groups excluding carboxylic acids is 3. The van der Waals surface area contributed by atoms with Crippen LogP contribution >= 0.6 is 23.2 Å². The van der Waals surface area contributed by atoms with Crippen molar-refractivity contribution in [2.45, 2.75) is 6.61 Å². The highest BCUT2D eigenvalue weighted by molar-refractivity contribution is 6.43. The maximum absolute atomic E-state index is 13.4. The molecule has 0 unspecified atom stereocenters. The van der Waals surface area contributed by atoms with Gasteiger partial charge in [0.25, 0.3) is 11.8 Å². The van der Waals surface area contributed by atoms with Crippen molar-refractivity contribution < 1.29 is 23.5 Å². The number of rotatable bonds is 5. The van der Waals surface area contributed by atoms with Gasteiger partial charge in [0.2, 0.25) is 0 Å². The van der Waals surface area contributed by atoms with Crippen molar-refractivity contribution >= 4 is 52.8 Å². The number of ether oxygens (including phenoxy) is 1. The molecule has 1 fully saturated rings. The zero-order chi connectivity index (χ0) is 23.5. The number of hydrogen-bond acceptors (Lipinski definition) is 4. The zero-order valence-corrected chi connectivity index (χ0v) is 18.4. The predicted molar refractivity (Wildman–Crippen MR) is 123 cm³/mol. The van der Waals surface area contributed by atoms with Gasteiger partial charge in [0.05, 0.1) is 15.7 Å². The van der Waals surface area contributed by atoms with Crippen LogP contribution in [0.25, 0.3) is 6.08 Å². The molecular formula is C24H15Cl2FN2O4. The highest BCUT2D eigenvalue weighted by atomic mass is 35.5. The SMILES string of the molecule is O=C1NC(=O)N(c2ccc(Cl)c(Cl)c2)C(=O)/C1=C/c1ccccc1OCc1cccc(F)c1. The van der Waals surface area contributed by atoms with Gasteiger partial charge in [-0.3, -0.25) is 14.9 Å². The van der Waals surface area contributed by atoms with Gasteiger partial charge in [0, 0.05) is 5.56 Å². The third-order valence-corrected chi connectivity index (χ3v) is 5.50. The quantitative estimate of drug-likeness (QED) is 0.389. The van der Waals surface area contributed by atoms with Crippen molar-refractivity contribution in [3.05, 3.63) is 99.3 Å². The van der Waals surface area contributed by atoms with Crippen molar-refractivity contribution in [1.29, 1.82) is 0 Å². The Morgan fingerprint density at radius 2 is 1.73 bits per heavy atom. The van der Waals surface area contributed by atoms with E-state index in [9.17, 15) is 18.8 Å². The number of halogens is 3. The maximum atomic E-state index is 13.4. The van der Waals surface area contributed by atoms with Crippen molar-refractivity contribution in [3.63, 3.8) is 0 Å². The van der Waals surface area contributed by atoms with Gasteiger partial charge >= 0.3 is 6.03 Å². The van der Waals surface area contributed by atoms with E-state index in [2.05, 4.69) is 5.32 Å². The number of barbiturate groups is 1. The maximum Gasteiger partial charge on any atom is 0.335 e. The van der Waals surface area contributed by atoms with Crippen LogP contribution in [0.1, 0.15) is 11.1 Å². The molecule has 166 valence electrons. The van der Waals surface area contributed by atoms with E-state index in [0.717, 1.165) is 4.90 Å². The van der Waals surface area contributed by atoms with Crippen LogP contribution in [0.15, 0.2) is 72.3 Å². The number of urea groups is 1. The van der Waals surface area contributed by atoms with Crippen LogP contribution in [-0.2, 0) is 16.2 Å². The Bertz CT molecular complexity index is 1310. The molecule has 1 aliphatic heterocycles. The molecule has 0 saturated carbocycles. The smallest absolute Gasteiger partial charge is 0.335 e. The molecular weight excluding hydrogens is 470 g/mol. The molecule has 1 N–H and O–H groups in total. The van der Waals surface area contributed by atoms with E-state index in [4.69, 9.17) is 27.9 Å². The molecule has 6 nitrogen and oxygen atoms in total. The third-order valence-electron chi connectivity index (χ3n) is 4.77. The number of carbonyl (C=O) groups is 3. The fourth-order valence-electron chi connectivity index (χ4n) is 3.19. The van der Waals surface area contributed by atoms with Crippen molar-refractivity contribution in [3.8, 4) is 5.75 Å². The molecule has 0 radical (unpaired) electrons. The van der Waals surface area contributed by atoms with Gasteiger partial charge in [-0.05, 0) is 48.0 Å². The summed E-state index contributed by atoms with van der Waals surface area (Å²) < 4.78 is 19.2. The number of nitrogens with zero attached hydrogens (tertiary/aromatic N) is 1. The van der Waals surface area contributed by atoms with Gasteiger partial charge < -0.3 is 4.74 Å². The second-order valence-electron chi connectivity index (χ2n) is 7.01. The summed E-state index contributed by atoms with van der Waals surface area (Å²) in [5.41, 5.74) is 0.916. The number of imide groups is 2. The van der Waals surface area contributed by atoms with Gasteiger partial charge in [0.1, 0.15) is 23.7 Å². The number of benzene rings is 3. The summed E-state index contributed by atoms with van der Waals surface area (Å²) in [6.07, 6.45) is 1.33. The van der Waals surface area contributed by atoms with E-state index < -0.39 is 17.8 Å². The molecule has 9 heteroatoms. The fraction of sp³-hybridized carbons (Fsp3) is 0.0417. The number of nitrogens with one attached hydrogen (secondary N) is 1. The van der Waals surface area contributed by atoms with Crippen LogP contribution in [0, 0.1) is 5.82 Å². The fourth-order valence-corrected chi connectivity index (χ4v) is 3.48. The first-order valence-electron chi connectivity index (χ1n) is 9.66. The average molecular weight is 485 g/mol. The largest absolute Gasteiger partial charge is 0.488 e. The highest BCUT2D eigenvalue weighted by Gasteiger charge is 2.37. The molecule has 0 aromatic heterocycles. The lowest BCUT2D eigenvalue weighted by Crippen LogP contribution is -2.54. The highest BCUT2D eigenvalue weighted by Crippen LogP contribution is 2.30. The summed E-state index contributed by atoms with van der Waals surface area (Å²) in [7, 11) is 0. The minimum atomic E-state index is -0.906. The summed E-state index contributed by atoms with van der Waals surface area (Å²) in [6, 6.07) is 16.0. The first-order valence-corrected chi connectivity index (χ1v) is 10.4. The monoisotopic (exact) mass is 484 g/mol. The van der Waals surface area contributed by atoms with E-state index in [1.54, 1.807) is 36.4 Å². The lowest BCUT2D eigenvalue weighted by Gasteiger charge is -2.26. The summed E-state index contributed by atoms with van der Waals surface area (Å²) in [4.78, 5) is 38.7. The van der Waals surface area contributed by atoms with Crippen LogP contribution in [0.2, 0.25) is 10.0 Å². The minimum absolute atomic E-state index is 0.0754. The van der Waals surface area contributed by atoms with E-state index in [1.165, 1.54) is 36.4 Å². The molecule has 3 aromatic carbocycles. The Hall–Kier alpha value is -3.68. The summed E-state index contributed by atoms with van der Waals surface area (Å²) >= 11 is 11.9. The van der Waals surface area contributed by atoms with E-state index in [1.807, 2.05) is 0 Å². The lowest BCUT2D eigenvalue weighted by molar-refractivity contribution is -0.122. The topological polar surface area (TPSA) is 75.7 Å². The standard InChI is InChI=1S/C24H15Cl2FN2O4/c25-19-9-8-17(12-20(19)26)29-23(31)18(22(30)28-24(29)32)11-15-5-1-2-7-21(15)33-13-14-4-3-6-16(27)10-14/h1-12H,13H2,(H,28,30,32)/b18-11+. The van der Waals surface area contributed by atoms with E-state index >= 15 is 0 Å². The Balaban J connectivity index is 1.65. The Morgan fingerprint density at radius 1 is 0.939 bits per heavy atom. The molecule has 0 aliphatic carbocycles. The Labute approximate surface area is 198 Å². The van der Waals surface area contributed by atoms with Gasteiger partial charge in [-0.1, -0.05) is 53.5 Å². The first kappa shape index (κ1) is 22.5. The number of para-hydroxylation sites is 1. The average Bonchev–Trinajstić information content (AvgIpc) is 2.78. The summed E-state index contributed by atoms with van der Waals surface area (Å²) in [5, 5.41) is 2.54. The van der Waals surface area contributed by atoms with Crippen molar-refractivity contribution in [2.24, 2.45) is 0 Å². The molecule has 33 heavy (non-hydrogen) atoms. The van der Waals surface area contributed by atoms with Gasteiger partial charge in [0.15, 0.2) is 0 Å². The summed E-state index contributed by atoms with van der Waals surface area (Å²) in [5.74, 6) is -1.70. The van der Waals surface area contributed by atoms with Crippen molar-refractivity contribution in [1.82, 2.24) is 5.32 Å². The van der Waals surface area contributed by atoms with Gasteiger partial charge in [-0.2, -0.15) is 0 Å². The molecule has 0 spiro atoms. The Kier molecular flexibility index (Phi) is 6.44. The molecule has 1 aliphatic rings. The minimum Gasteiger partial charge on any atom is -0.488 e. The van der Waals surface area contributed by atoms with Crippen LogP contribution in [0.4, 0.5) is 14.9 Å². The zero-order valence-electron chi connectivity index (χ0n) is 16.8. The van der Waals surface area contributed by atoms with Crippen LogP contribution in [-0.4, -0.2) is 17.8 Å². The third kappa shape index (κ3) is 4.89. The van der Waals surface area contributed by atoms with Crippen LogP contribution in [0.5, 0.6) is 5.75 Å². The molecule has 3 aromatic rings. The predicted octanol–water partition coefficient (Wildman–Crippen LogP) is 5.38. The van der Waals surface area contributed by atoms with E-state index in [-0.39, 0.29) is 33.7 Å². The first-order chi connectivity index (χ1) is 15.8. The summed E-state index contributed by atoms with van der Waals surface area (Å²) in [6.45, 7) is 0.0754. The Morgan fingerprint density at radius 3 is 2.48 bits per heavy atom. The molecule has 4 rings (SSSR count). The lowest BCUT2D eigenvalue weighted by atomic mass is 10.1. The van der Waals surface area contributed by atoms with Gasteiger partial charge in [-0.15, -0.1) is 0 Å². The number of amides is 4. The normalized spacial score (nSPS) is 15.1. The second kappa shape index (κ2) is 9.44.